The van der Waals surface area contributed by atoms with Crippen molar-refractivity contribution in [3.8, 4) is 11.3 Å². The summed E-state index contributed by atoms with van der Waals surface area (Å²) in [7, 11) is 0. The lowest BCUT2D eigenvalue weighted by Gasteiger charge is -2.03. The Balaban J connectivity index is 1.39. The molecule has 2 N–H and O–H groups in total. The summed E-state index contributed by atoms with van der Waals surface area (Å²) in [6.45, 7) is 0. The van der Waals surface area contributed by atoms with Crippen LogP contribution in [-0.2, 0) is 0 Å². The van der Waals surface area contributed by atoms with Gasteiger partial charge < -0.3 is 5.32 Å². The lowest BCUT2D eigenvalue weighted by Crippen LogP contribution is -2.17. The number of thiazole rings is 1. The van der Waals surface area contributed by atoms with Crippen molar-refractivity contribution in [2.45, 2.75) is 0 Å². The van der Waals surface area contributed by atoms with Crippen LogP contribution in [0.25, 0.3) is 11.3 Å². The standard InChI is InChI=1S/C23H16ClN5O3S/c24-18-9-11-19(12-10-18)26-23-27-20(14-33-23)15-5-7-16(8-6-15)22(30)28-25-13-17-3-1-2-4-21(17)29(31)32/h1-14H,(H,26,27)(H,28,30)/b25-13-. The monoisotopic (exact) mass is 477 g/mol. The van der Waals surface area contributed by atoms with Crippen molar-refractivity contribution in [3.63, 3.8) is 0 Å². The van der Waals surface area contributed by atoms with Gasteiger partial charge in [0, 0.05) is 33.3 Å². The topological polar surface area (TPSA) is 110 Å². The minimum Gasteiger partial charge on any atom is -0.332 e. The van der Waals surface area contributed by atoms with E-state index < -0.39 is 10.8 Å². The third-order valence-electron chi connectivity index (χ3n) is 4.55. The van der Waals surface area contributed by atoms with Gasteiger partial charge in [-0.2, -0.15) is 5.10 Å². The summed E-state index contributed by atoms with van der Waals surface area (Å²) in [4.78, 5) is 27.4. The number of rotatable bonds is 7. The molecule has 1 heterocycles. The number of nitrogens with zero attached hydrogens (tertiary/aromatic N) is 3. The third-order valence-corrected chi connectivity index (χ3v) is 5.56. The molecule has 33 heavy (non-hydrogen) atoms. The first-order chi connectivity index (χ1) is 16.0. The van der Waals surface area contributed by atoms with Gasteiger partial charge in [0.1, 0.15) is 0 Å². The number of amides is 1. The van der Waals surface area contributed by atoms with Crippen LogP contribution in [0.4, 0.5) is 16.5 Å². The molecule has 1 aromatic heterocycles. The maximum absolute atomic E-state index is 12.3. The number of nitro benzene ring substituents is 1. The smallest absolute Gasteiger partial charge is 0.278 e. The van der Waals surface area contributed by atoms with Gasteiger partial charge in [0.25, 0.3) is 11.6 Å². The van der Waals surface area contributed by atoms with Gasteiger partial charge in [0.2, 0.25) is 0 Å². The average Bonchev–Trinajstić information content (AvgIpc) is 3.29. The van der Waals surface area contributed by atoms with E-state index in [0.717, 1.165) is 22.1 Å². The van der Waals surface area contributed by atoms with Crippen molar-refractivity contribution in [2.75, 3.05) is 5.32 Å². The molecule has 4 rings (SSSR count). The van der Waals surface area contributed by atoms with Gasteiger partial charge in [0.05, 0.1) is 22.4 Å². The predicted molar refractivity (Wildman–Crippen MR) is 130 cm³/mol. The normalized spacial score (nSPS) is 10.8. The zero-order valence-electron chi connectivity index (χ0n) is 16.9. The van der Waals surface area contributed by atoms with Crippen LogP contribution < -0.4 is 10.7 Å². The van der Waals surface area contributed by atoms with Crippen molar-refractivity contribution in [1.29, 1.82) is 0 Å². The largest absolute Gasteiger partial charge is 0.332 e. The number of benzene rings is 3. The Morgan fingerprint density at radius 2 is 1.79 bits per heavy atom. The fraction of sp³-hybridized carbons (Fsp3) is 0. The van der Waals surface area contributed by atoms with Gasteiger partial charge in [-0.05, 0) is 42.5 Å². The number of aromatic nitrogens is 1. The second kappa shape index (κ2) is 10.0. The highest BCUT2D eigenvalue weighted by Crippen LogP contribution is 2.28. The van der Waals surface area contributed by atoms with Crippen molar-refractivity contribution >= 4 is 51.6 Å². The van der Waals surface area contributed by atoms with Gasteiger partial charge >= 0.3 is 0 Å². The van der Waals surface area contributed by atoms with Crippen LogP contribution in [0.3, 0.4) is 0 Å². The van der Waals surface area contributed by atoms with E-state index in [9.17, 15) is 14.9 Å². The van der Waals surface area contributed by atoms with Gasteiger partial charge in [-0.15, -0.1) is 11.3 Å². The first-order valence-corrected chi connectivity index (χ1v) is 10.9. The first kappa shape index (κ1) is 22.1. The van der Waals surface area contributed by atoms with E-state index >= 15 is 0 Å². The zero-order valence-corrected chi connectivity index (χ0v) is 18.5. The Bertz CT molecular complexity index is 1320. The van der Waals surface area contributed by atoms with Crippen LogP contribution in [-0.4, -0.2) is 22.0 Å². The van der Waals surface area contributed by atoms with Crippen molar-refractivity contribution in [2.24, 2.45) is 5.10 Å². The molecule has 0 bridgehead atoms. The van der Waals surface area contributed by atoms with E-state index in [4.69, 9.17) is 11.6 Å². The second-order valence-corrected chi connectivity index (χ2v) is 8.06. The summed E-state index contributed by atoms with van der Waals surface area (Å²) in [6.07, 6.45) is 1.24. The molecule has 0 spiro atoms. The van der Waals surface area contributed by atoms with E-state index in [0.29, 0.717) is 16.1 Å². The van der Waals surface area contributed by atoms with Crippen LogP contribution in [0.2, 0.25) is 5.02 Å². The second-order valence-electron chi connectivity index (χ2n) is 6.76. The maximum atomic E-state index is 12.3. The highest BCUT2D eigenvalue weighted by atomic mass is 35.5. The first-order valence-electron chi connectivity index (χ1n) is 9.65. The number of nitrogens with one attached hydrogen (secondary N) is 2. The lowest BCUT2D eigenvalue weighted by atomic mass is 10.1. The molecule has 4 aromatic rings. The van der Waals surface area contributed by atoms with E-state index in [1.54, 1.807) is 54.6 Å². The average molecular weight is 478 g/mol. The summed E-state index contributed by atoms with van der Waals surface area (Å²) in [6, 6.07) is 20.4. The number of carbonyl (C=O) groups is 1. The molecular weight excluding hydrogens is 462 g/mol. The van der Waals surface area contributed by atoms with Gasteiger partial charge in [0.15, 0.2) is 5.13 Å². The fourth-order valence-corrected chi connectivity index (χ4v) is 3.77. The maximum Gasteiger partial charge on any atom is 0.278 e. The molecule has 0 aliphatic heterocycles. The molecule has 10 heteroatoms. The molecule has 8 nitrogen and oxygen atoms in total. The Kier molecular flexibility index (Phi) is 6.72. The molecule has 0 atom stereocenters. The third kappa shape index (κ3) is 5.59. The Morgan fingerprint density at radius 3 is 2.52 bits per heavy atom. The highest BCUT2D eigenvalue weighted by molar-refractivity contribution is 7.14. The predicted octanol–water partition coefficient (Wildman–Crippen LogP) is 5.88. The molecule has 0 unspecified atom stereocenters. The molecule has 3 aromatic carbocycles. The summed E-state index contributed by atoms with van der Waals surface area (Å²) < 4.78 is 0. The SMILES string of the molecule is O=C(N/N=C\c1ccccc1[N+](=O)[O-])c1ccc(-c2csc(Nc3ccc(Cl)cc3)n2)cc1. The highest BCUT2D eigenvalue weighted by Gasteiger charge is 2.11. The van der Waals surface area contributed by atoms with E-state index in [-0.39, 0.29) is 5.69 Å². The number of hydrogen-bond donors (Lipinski definition) is 2. The number of hydrogen-bond acceptors (Lipinski definition) is 7. The number of nitro groups is 1. The van der Waals surface area contributed by atoms with Crippen LogP contribution in [0, 0.1) is 10.1 Å². The molecule has 0 radical (unpaired) electrons. The Morgan fingerprint density at radius 1 is 1.06 bits per heavy atom. The van der Waals surface area contributed by atoms with Crippen molar-refractivity contribution in [3.05, 3.63) is 104 Å². The van der Waals surface area contributed by atoms with Gasteiger partial charge in [-0.25, -0.2) is 10.4 Å². The minimum absolute atomic E-state index is 0.0898. The molecular formula is C23H16ClN5O3S. The van der Waals surface area contributed by atoms with Crippen molar-refractivity contribution < 1.29 is 9.72 Å². The minimum atomic E-state index is -0.503. The number of carbonyl (C=O) groups excluding carboxylic acids is 1. The number of hydrazone groups is 1. The molecule has 0 aliphatic carbocycles. The number of halogens is 1. The van der Waals surface area contributed by atoms with Crippen molar-refractivity contribution in [1.82, 2.24) is 10.4 Å². The molecule has 0 fully saturated rings. The molecule has 0 saturated heterocycles. The number of para-hydroxylation sites is 1. The Hall–Kier alpha value is -4.08. The van der Waals surface area contributed by atoms with E-state index in [1.165, 1.54) is 23.6 Å². The summed E-state index contributed by atoms with van der Waals surface area (Å²) >= 11 is 7.37. The quantitative estimate of drug-likeness (QED) is 0.196. The number of anilines is 2. The lowest BCUT2D eigenvalue weighted by molar-refractivity contribution is -0.385. The summed E-state index contributed by atoms with van der Waals surface area (Å²) in [5, 5.41) is 21.4. The van der Waals surface area contributed by atoms with E-state index in [2.05, 4.69) is 20.8 Å². The van der Waals surface area contributed by atoms with Crippen LogP contribution >= 0.6 is 22.9 Å². The molecule has 0 saturated carbocycles. The summed E-state index contributed by atoms with van der Waals surface area (Å²) in [5.74, 6) is -0.431. The zero-order chi connectivity index (χ0) is 23.2. The molecule has 164 valence electrons. The van der Waals surface area contributed by atoms with Gasteiger partial charge in [-0.3, -0.25) is 14.9 Å². The van der Waals surface area contributed by atoms with E-state index in [1.807, 2.05) is 17.5 Å². The fourth-order valence-electron chi connectivity index (χ4n) is 2.90. The van der Waals surface area contributed by atoms with Crippen LogP contribution in [0.15, 0.2) is 83.3 Å². The molecule has 0 aliphatic rings. The molecule has 1 amide bonds. The van der Waals surface area contributed by atoms with Crippen LogP contribution in [0.5, 0.6) is 0 Å². The van der Waals surface area contributed by atoms with Gasteiger partial charge in [-0.1, -0.05) is 35.9 Å². The van der Waals surface area contributed by atoms with Crippen LogP contribution in [0.1, 0.15) is 15.9 Å². The Labute approximate surface area is 197 Å². The summed E-state index contributed by atoms with van der Waals surface area (Å²) in [5.41, 5.74) is 5.50.